The van der Waals surface area contributed by atoms with Gasteiger partial charge in [-0.2, -0.15) is 0 Å². The van der Waals surface area contributed by atoms with E-state index in [9.17, 15) is 4.79 Å². The number of benzene rings is 1. The molecule has 0 spiro atoms. The third-order valence-corrected chi connectivity index (χ3v) is 2.60. The number of nitrogens with two attached hydrogens (primary N) is 3. The summed E-state index contributed by atoms with van der Waals surface area (Å²) in [5, 5.41) is 0.983. The summed E-state index contributed by atoms with van der Waals surface area (Å²) < 4.78 is 0. The second-order valence-electron chi connectivity index (χ2n) is 3.83. The molecule has 84 valence electrons. The van der Waals surface area contributed by atoms with E-state index in [0.717, 1.165) is 16.5 Å². The number of rotatable bonds is 3. The molecule has 1 aromatic carbocycles. The lowest BCUT2D eigenvalue weighted by Crippen LogP contribution is -2.38. The van der Waals surface area contributed by atoms with Crippen LogP contribution in [-0.4, -0.2) is 16.9 Å². The molecular formula is C11H14N4O. The SMILES string of the molecule is NC(=O)[C@@H](N)Cc1c[nH]c2ccc(N)cc12. The molecule has 0 radical (unpaired) electrons. The van der Waals surface area contributed by atoms with E-state index in [-0.39, 0.29) is 0 Å². The number of aromatic nitrogens is 1. The van der Waals surface area contributed by atoms with Crippen LogP contribution in [0.2, 0.25) is 0 Å². The summed E-state index contributed by atoms with van der Waals surface area (Å²) in [7, 11) is 0. The van der Waals surface area contributed by atoms with Crippen molar-refractivity contribution in [1.29, 1.82) is 0 Å². The highest BCUT2D eigenvalue weighted by atomic mass is 16.1. The van der Waals surface area contributed by atoms with E-state index < -0.39 is 11.9 Å². The highest BCUT2D eigenvalue weighted by Crippen LogP contribution is 2.21. The maximum absolute atomic E-state index is 10.9. The topological polar surface area (TPSA) is 111 Å². The summed E-state index contributed by atoms with van der Waals surface area (Å²) in [4.78, 5) is 14.0. The van der Waals surface area contributed by atoms with E-state index in [1.54, 1.807) is 0 Å². The molecule has 5 heteroatoms. The van der Waals surface area contributed by atoms with E-state index >= 15 is 0 Å². The van der Waals surface area contributed by atoms with Crippen LogP contribution in [-0.2, 0) is 11.2 Å². The Balaban J connectivity index is 2.37. The first-order valence-corrected chi connectivity index (χ1v) is 4.98. The summed E-state index contributed by atoms with van der Waals surface area (Å²) >= 11 is 0. The molecule has 16 heavy (non-hydrogen) atoms. The van der Waals surface area contributed by atoms with Gasteiger partial charge in [-0.15, -0.1) is 0 Å². The molecule has 0 aliphatic heterocycles. The normalized spacial score (nSPS) is 12.8. The van der Waals surface area contributed by atoms with Crippen molar-refractivity contribution in [3.63, 3.8) is 0 Å². The summed E-state index contributed by atoms with van der Waals surface area (Å²) in [6, 6.07) is 4.90. The van der Waals surface area contributed by atoms with Gasteiger partial charge in [0.15, 0.2) is 0 Å². The van der Waals surface area contributed by atoms with Crippen molar-refractivity contribution in [2.45, 2.75) is 12.5 Å². The Morgan fingerprint density at radius 3 is 2.88 bits per heavy atom. The minimum atomic E-state index is -0.666. The summed E-state index contributed by atoms with van der Waals surface area (Å²) in [5.74, 6) is -0.502. The fourth-order valence-corrected chi connectivity index (χ4v) is 1.70. The first-order chi connectivity index (χ1) is 7.58. The molecule has 0 bridgehead atoms. The molecule has 1 amide bonds. The molecule has 1 heterocycles. The second kappa shape index (κ2) is 3.86. The predicted molar refractivity (Wildman–Crippen MR) is 63.6 cm³/mol. The summed E-state index contributed by atoms with van der Waals surface area (Å²) in [5.41, 5.74) is 19.1. The quantitative estimate of drug-likeness (QED) is 0.548. The summed E-state index contributed by atoms with van der Waals surface area (Å²) in [6.45, 7) is 0. The molecule has 0 saturated heterocycles. The lowest BCUT2D eigenvalue weighted by molar-refractivity contribution is -0.119. The largest absolute Gasteiger partial charge is 0.399 e. The Morgan fingerprint density at radius 1 is 1.44 bits per heavy atom. The fourth-order valence-electron chi connectivity index (χ4n) is 1.70. The number of hydrogen-bond acceptors (Lipinski definition) is 3. The van der Waals surface area contributed by atoms with Gasteiger partial charge in [0.05, 0.1) is 6.04 Å². The van der Waals surface area contributed by atoms with Crippen molar-refractivity contribution in [3.05, 3.63) is 30.0 Å². The first kappa shape index (κ1) is 10.5. The van der Waals surface area contributed by atoms with E-state index in [0.29, 0.717) is 12.1 Å². The molecule has 1 aromatic heterocycles. The van der Waals surface area contributed by atoms with Gasteiger partial charge in [0.25, 0.3) is 0 Å². The van der Waals surface area contributed by atoms with E-state index in [4.69, 9.17) is 17.2 Å². The van der Waals surface area contributed by atoms with Gasteiger partial charge in [0.2, 0.25) is 5.91 Å². The minimum absolute atomic E-state index is 0.415. The molecule has 0 saturated carbocycles. The van der Waals surface area contributed by atoms with Crippen molar-refractivity contribution in [1.82, 2.24) is 4.98 Å². The third-order valence-electron chi connectivity index (χ3n) is 2.60. The van der Waals surface area contributed by atoms with Crippen LogP contribution in [0.3, 0.4) is 0 Å². The summed E-state index contributed by atoms with van der Waals surface area (Å²) in [6.07, 6.45) is 2.24. The standard InChI is InChI=1S/C11H14N4O/c12-7-1-2-10-8(4-7)6(5-15-10)3-9(13)11(14)16/h1-2,4-5,9,15H,3,12-13H2,(H2,14,16)/t9-/m0/s1. The first-order valence-electron chi connectivity index (χ1n) is 4.98. The van der Waals surface area contributed by atoms with Crippen molar-refractivity contribution in [3.8, 4) is 0 Å². The Morgan fingerprint density at radius 2 is 2.19 bits per heavy atom. The molecule has 2 rings (SSSR count). The number of amides is 1. The number of carbonyl (C=O) groups is 1. The van der Waals surface area contributed by atoms with Crippen LogP contribution in [0.15, 0.2) is 24.4 Å². The molecule has 1 atom stereocenters. The second-order valence-corrected chi connectivity index (χ2v) is 3.83. The average molecular weight is 218 g/mol. The van der Waals surface area contributed by atoms with E-state index in [1.165, 1.54) is 0 Å². The van der Waals surface area contributed by atoms with Crippen LogP contribution in [0.4, 0.5) is 5.69 Å². The van der Waals surface area contributed by atoms with Crippen LogP contribution in [0.1, 0.15) is 5.56 Å². The van der Waals surface area contributed by atoms with Gasteiger partial charge in [-0.05, 0) is 30.2 Å². The number of H-pyrrole nitrogens is 1. The van der Waals surface area contributed by atoms with Gasteiger partial charge >= 0.3 is 0 Å². The molecule has 0 aliphatic rings. The Kier molecular flexibility index (Phi) is 2.54. The number of fused-ring (bicyclic) bond motifs is 1. The number of hydrogen-bond donors (Lipinski definition) is 4. The lowest BCUT2D eigenvalue weighted by Gasteiger charge is -2.05. The minimum Gasteiger partial charge on any atom is -0.399 e. The van der Waals surface area contributed by atoms with Crippen LogP contribution in [0.5, 0.6) is 0 Å². The van der Waals surface area contributed by atoms with Crippen LogP contribution >= 0.6 is 0 Å². The zero-order valence-corrected chi connectivity index (χ0v) is 8.73. The average Bonchev–Trinajstić information content (AvgIpc) is 2.61. The predicted octanol–water partition coefficient (Wildman–Crippen LogP) is 0.105. The molecular weight excluding hydrogens is 204 g/mol. The highest BCUT2D eigenvalue weighted by Gasteiger charge is 2.13. The lowest BCUT2D eigenvalue weighted by atomic mass is 10.0. The molecule has 0 aliphatic carbocycles. The van der Waals surface area contributed by atoms with E-state index in [1.807, 2.05) is 24.4 Å². The third kappa shape index (κ3) is 1.85. The zero-order chi connectivity index (χ0) is 11.7. The number of nitrogens with one attached hydrogen (secondary N) is 1. The van der Waals surface area contributed by atoms with Crippen molar-refractivity contribution in [2.75, 3.05) is 5.73 Å². The van der Waals surface area contributed by atoms with Gasteiger partial charge in [-0.25, -0.2) is 0 Å². The monoisotopic (exact) mass is 218 g/mol. The van der Waals surface area contributed by atoms with Crippen molar-refractivity contribution >= 4 is 22.5 Å². The maximum Gasteiger partial charge on any atom is 0.234 e. The number of carbonyl (C=O) groups excluding carboxylic acids is 1. The van der Waals surface area contributed by atoms with Crippen molar-refractivity contribution < 1.29 is 4.79 Å². The molecule has 7 N–H and O–H groups in total. The molecule has 0 unspecified atom stereocenters. The van der Waals surface area contributed by atoms with Gasteiger partial charge in [0.1, 0.15) is 0 Å². The number of primary amides is 1. The van der Waals surface area contributed by atoms with Crippen molar-refractivity contribution in [2.24, 2.45) is 11.5 Å². The number of aromatic amines is 1. The Labute approximate surface area is 92.6 Å². The zero-order valence-electron chi connectivity index (χ0n) is 8.73. The Bertz CT molecular complexity index is 532. The molecule has 5 nitrogen and oxygen atoms in total. The number of anilines is 1. The van der Waals surface area contributed by atoms with Crippen LogP contribution in [0.25, 0.3) is 10.9 Å². The van der Waals surface area contributed by atoms with Gasteiger partial charge < -0.3 is 22.2 Å². The smallest absolute Gasteiger partial charge is 0.234 e. The van der Waals surface area contributed by atoms with Crippen LogP contribution in [0, 0.1) is 0 Å². The number of nitrogen functional groups attached to an aromatic ring is 1. The van der Waals surface area contributed by atoms with Gasteiger partial charge in [0, 0.05) is 22.8 Å². The van der Waals surface area contributed by atoms with Gasteiger partial charge in [-0.1, -0.05) is 0 Å². The maximum atomic E-state index is 10.9. The Hall–Kier alpha value is -2.01. The van der Waals surface area contributed by atoms with Gasteiger partial charge in [-0.3, -0.25) is 4.79 Å². The molecule has 0 fully saturated rings. The molecule has 2 aromatic rings. The fraction of sp³-hybridized carbons (Fsp3) is 0.182. The highest BCUT2D eigenvalue weighted by molar-refractivity contribution is 5.87. The van der Waals surface area contributed by atoms with E-state index in [2.05, 4.69) is 4.98 Å². The van der Waals surface area contributed by atoms with Crippen LogP contribution < -0.4 is 17.2 Å².